The molecule has 1 aliphatic rings. The van der Waals surface area contributed by atoms with Crippen molar-refractivity contribution in [2.75, 3.05) is 11.7 Å². The van der Waals surface area contributed by atoms with E-state index in [-0.39, 0.29) is 0 Å². The second-order valence-electron chi connectivity index (χ2n) is 2.25. The maximum atomic E-state index is 4.26. The Bertz CT molecular complexity index is 323. The van der Waals surface area contributed by atoms with Gasteiger partial charge in [-0.2, -0.15) is 0 Å². The highest BCUT2D eigenvalue weighted by molar-refractivity contribution is 8.13. The number of fused-ring (bicyclic) bond motifs is 1. The van der Waals surface area contributed by atoms with Gasteiger partial charge >= 0.3 is 0 Å². The van der Waals surface area contributed by atoms with Crippen LogP contribution in [0.15, 0.2) is 23.3 Å². The molecule has 0 aliphatic carbocycles. The molecular weight excluding hydrogens is 172 g/mol. The monoisotopic (exact) mass is 180 g/mol. The molecule has 0 aromatic carbocycles. The Hall–Kier alpha value is -1.23. The van der Waals surface area contributed by atoms with Gasteiger partial charge in [0.1, 0.15) is 0 Å². The number of anilines is 1. The average Bonchev–Trinajstić information content (AvgIpc) is 2.17. The molecule has 4 nitrogen and oxygen atoms in total. The van der Waals surface area contributed by atoms with Gasteiger partial charge in [-0.25, -0.2) is 9.98 Å². The Kier molecular flexibility index (Phi) is 1.87. The first-order chi connectivity index (χ1) is 5.90. The van der Waals surface area contributed by atoms with Crippen LogP contribution >= 0.6 is 11.8 Å². The molecule has 2 heterocycles. The van der Waals surface area contributed by atoms with Crippen LogP contribution in [0.3, 0.4) is 0 Å². The van der Waals surface area contributed by atoms with Gasteiger partial charge in [0.05, 0.1) is 5.69 Å². The highest BCUT2D eigenvalue weighted by Crippen LogP contribution is 2.23. The lowest BCUT2D eigenvalue weighted by Gasteiger charge is -2.16. The summed E-state index contributed by atoms with van der Waals surface area (Å²) in [4.78, 5) is 8.37. The fraction of sp³-hybridized carbons (Fsp3) is 0.143. The third-order valence-corrected chi connectivity index (χ3v) is 2.07. The van der Waals surface area contributed by atoms with E-state index >= 15 is 0 Å². The van der Waals surface area contributed by atoms with Crippen molar-refractivity contribution >= 4 is 28.4 Å². The molecule has 1 aromatic rings. The van der Waals surface area contributed by atoms with E-state index in [0.717, 1.165) is 16.7 Å². The first-order valence-corrected chi connectivity index (χ1v) is 4.72. The van der Waals surface area contributed by atoms with E-state index in [2.05, 4.69) is 20.8 Å². The molecule has 0 saturated heterocycles. The maximum Gasteiger partial charge on any atom is 0.181 e. The molecule has 12 heavy (non-hydrogen) atoms. The van der Waals surface area contributed by atoms with Crippen LogP contribution in [0, 0.1) is 0 Å². The van der Waals surface area contributed by atoms with E-state index in [0.29, 0.717) is 0 Å². The SMILES string of the molecule is CSC1=Nc2ncccc2NN1. The smallest absolute Gasteiger partial charge is 0.181 e. The van der Waals surface area contributed by atoms with Crippen LogP contribution in [0.2, 0.25) is 0 Å². The van der Waals surface area contributed by atoms with Crippen LogP contribution in [0.25, 0.3) is 0 Å². The predicted molar refractivity (Wildman–Crippen MR) is 51.6 cm³/mol. The number of thioether (sulfide) groups is 1. The van der Waals surface area contributed by atoms with Crippen molar-refractivity contribution in [1.29, 1.82) is 0 Å². The molecule has 0 bridgehead atoms. The minimum absolute atomic E-state index is 0.737. The zero-order chi connectivity index (χ0) is 8.39. The molecule has 0 unspecified atom stereocenters. The minimum atomic E-state index is 0.737. The van der Waals surface area contributed by atoms with Crippen molar-refractivity contribution in [1.82, 2.24) is 10.4 Å². The molecular formula is C7H8N4S. The Morgan fingerprint density at radius 3 is 3.17 bits per heavy atom. The standard InChI is InChI=1S/C7H8N4S/c1-12-7-9-6-5(10-11-7)3-2-4-8-6/h2-4,10H,1H3,(H,8,9,11). The Morgan fingerprint density at radius 1 is 1.42 bits per heavy atom. The molecule has 62 valence electrons. The molecule has 1 aromatic heterocycles. The number of hydrogen-bond donors (Lipinski definition) is 2. The highest BCUT2D eigenvalue weighted by Gasteiger charge is 2.08. The third-order valence-electron chi connectivity index (χ3n) is 1.49. The lowest BCUT2D eigenvalue weighted by molar-refractivity contribution is 1.08. The van der Waals surface area contributed by atoms with Gasteiger partial charge in [-0.05, 0) is 18.4 Å². The van der Waals surface area contributed by atoms with E-state index in [1.54, 1.807) is 18.0 Å². The molecule has 0 atom stereocenters. The summed E-state index contributed by atoms with van der Waals surface area (Å²) in [7, 11) is 0. The zero-order valence-corrected chi connectivity index (χ0v) is 7.35. The number of aliphatic imine (C=N–C) groups is 1. The number of pyridine rings is 1. The van der Waals surface area contributed by atoms with Crippen molar-refractivity contribution in [3.63, 3.8) is 0 Å². The summed E-state index contributed by atoms with van der Waals surface area (Å²) in [6, 6.07) is 3.79. The molecule has 0 saturated carbocycles. The molecule has 0 fully saturated rings. The van der Waals surface area contributed by atoms with Crippen molar-refractivity contribution in [3.8, 4) is 0 Å². The molecule has 0 spiro atoms. The Labute approximate surface area is 74.5 Å². The van der Waals surface area contributed by atoms with Crippen molar-refractivity contribution < 1.29 is 0 Å². The summed E-state index contributed by atoms with van der Waals surface area (Å²) >= 11 is 1.55. The van der Waals surface area contributed by atoms with Gasteiger partial charge in [0.2, 0.25) is 0 Å². The topological polar surface area (TPSA) is 49.3 Å². The largest absolute Gasteiger partial charge is 0.295 e. The number of amidine groups is 1. The first kappa shape index (κ1) is 7.42. The maximum absolute atomic E-state index is 4.26. The number of hydrazine groups is 1. The van der Waals surface area contributed by atoms with Gasteiger partial charge in [-0.3, -0.25) is 10.9 Å². The van der Waals surface area contributed by atoms with Crippen LogP contribution in [-0.2, 0) is 0 Å². The van der Waals surface area contributed by atoms with Crippen molar-refractivity contribution in [2.24, 2.45) is 4.99 Å². The van der Waals surface area contributed by atoms with Gasteiger partial charge in [-0.15, -0.1) is 0 Å². The minimum Gasteiger partial charge on any atom is -0.295 e. The highest BCUT2D eigenvalue weighted by atomic mass is 32.2. The number of nitrogens with zero attached hydrogens (tertiary/aromatic N) is 2. The van der Waals surface area contributed by atoms with E-state index in [1.807, 2.05) is 18.4 Å². The number of nitrogens with one attached hydrogen (secondary N) is 2. The fourth-order valence-corrected chi connectivity index (χ4v) is 1.26. The number of rotatable bonds is 0. The van der Waals surface area contributed by atoms with Crippen molar-refractivity contribution in [2.45, 2.75) is 0 Å². The summed E-state index contributed by atoms with van der Waals surface area (Å²) in [5.74, 6) is 0.737. The summed E-state index contributed by atoms with van der Waals surface area (Å²) in [6.07, 6.45) is 3.69. The summed E-state index contributed by atoms with van der Waals surface area (Å²) in [6.45, 7) is 0. The quantitative estimate of drug-likeness (QED) is 0.633. The first-order valence-electron chi connectivity index (χ1n) is 3.50. The number of aromatic nitrogens is 1. The second-order valence-corrected chi connectivity index (χ2v) is 3.04. The van der Waals surface area contributed by atoms with Crippen LogP contribution in [-0.4, -0.2) is 16.4 Å². The van der Waals surface area contributed by atoms with Crippen molar-refractivity contribution in [3.05, 3.63) is 18.3 Å². The van der Waals surface area contributed by atoms with Gasteiger partial charge in [0.15, 0.2) is 11.0 Å². The summed E-state index contributed by atoms with van der Waals surface area (Å²) < 4.78 is 0. The lowest BCUT2D eigenvalue weighted by atomic mass is 10.4. The molecule has 2 N–H and O–H groups in total. The normalized spacial score (nSPS) is 13.9. The van der Waals surface area contributed by atoms with Gasteiger partial charge in [0.25, 0.3) is 0 Å². The van der Waals surface area contributed by atoms with E-state index in [1.165, 1.54) is 0 Å². The Balaban J connectivity index is 2.41. The second kappa shape index (κ2) is 3.02. The van der Waals surface area contributed by atoms with E-state index in [4.69, 9.17) is 0 Å². The van der Waals surface area contributed by atoms with E-state index in [9.17, 15) is 0 Å². The number of hydrogen-bond acceptors (Lipinski definition) is 5. The summed E-state index contributed by atoms with van der Waals surface area (Å²) in [5.41, 5.74) is 6.86. The fourth-order valence-electron chi connectivity index (χ4n) is 0.925. The molecule has 2 rings (SSSR count). The van der Waals surface area contributed by atoms with Gasteiger partial charge < -0.3 is 0 Å². The predicted octanol–water partition coefficient (Wildman–Crippen LogP) is 1.36. The van der Waals surface area contributed by atoms with Crippen LogP contribution < -0.4 is 10.9 Å². The van der Waals surface area contributed by atoms with Crippen LogP contribution in [0.1, 0.15) is 0 Å². The van der Waals surface area contributed by atoms with Crippen LogP contribution in [0.5, 0.6) is 0 Å². The molecule has 5 heteroatoms. The molecule has 0 amide bonds. The summed E-state index contributed by atoms with van der Waals surface area (Å²) in [5, 5.41) is 0.834. The average molecular weight is 180 g/mol. The third kappa shape index (κ3) is 1.23. The van der Waals surface area contributed by atoms with Gasteiger partial charge in [-0.1, -0.05) is 11.8 Å². The molecule has 1 aliphatic heterocycles. The Morgan fingerprint density at radius 2 is 2.33 bits per heavy atom. The van der Waals surface area contributed by atoms with E-state index < -0.39 is 0 Å². The zero-order valence-electron chi connectivity index (χ0n) is 6.53. The molecule has 0 radical (unpaired) electrons. The van der Waals surface area contributed by atoms with Crippen LogP contribution in [0.4, 0.5) is 11.5 Å². The van der Waals surface area contributed by atoms with Gasteiger partial charge in [0, 0.05) is 6.20 Å². The lowest BCUT2D eigenvalue weighted by Crippen LogP contribution is -2.29.